The lowest BCUT2D eigenvalue weighted by atomic mass is 10.0. The molecule has 6 nitrogen and oxygen atoms in total. The topological polar surface area (TPSA) is 50.1 Å². The molecule has 0 N–H and O–H groups in total. The fourth-order valence-corrected chi connectivity index (χ4v) is 4.81. The van der Waals surface area contributed by atoms with Crippen LogP contribution in [0.4, 0.5) is 19.0 Å². The lowest BCUT2D eigenvalue weighted by Crippen LogP contribution is -2.46. The van der Waals surface area contributed by atoms with Crippen molar-refractivity contribution in [1.29, 1.82) is 0 Å². The van der Waals surface area contributed by atoms with E-state index in [2.05, 4.69) is 30.5 Å². The molecule has 0 unspecified atom stereocenters. The van der Waals surface area contributed by atoms with Crippen molar-refractivity contribution >= 4 is 5.82 Å². The van der Waals surface area contributed by atoms with Crippen LogP contribution >= 0.6 is 0 Å². The van der Waals surface area contributed by atoms with Gasteiger partial charge >= 0.3 is 6.18 Å². The molecule has 2 aromatic heterocycles. The summed E-state index contributed by atoms with van der Waals surface area (Å²) in [4.78, 5) is 12.2. The van der Waals surface area contributed by atoms with Crippen LogP contribution in [0.25, 0.3) is 0 Å². The molecule has 1 saturated carbocycles. The predicted octanol–water partition coefficient (Wildman–Crippen LogP) is 3.66. The Kier molecular flexibility index (Phi) is 5.16. The summed E-state index contributed by atoms with van der Waals surface area (Å²) in [5.74, 6) is 0.417. The molecule has 1 saturated heterocycles. The molecule has 0 amide bonds. The molecule has 2 aromatic rings. The first-order valence-electron chi connectivity index (χ1n) is 10.9. The summed E-state index contributed by atoms with van der Waals surface area (Å²) in [6, 6.07) is 3.87. The largest absolute Gasteiger partial charge is 0.433 e. The molecule has 3 aliphatic rings. The third-order valence-corrected chi connectivity index (χ3v) is 6.45. The van der Waals surface area contributed by atoms with Gasteiger partial charge in [-0.2, -0.15) is 18.3 Å². The molecular formula is C21H27F3N6. The number of alkyl halides is 3. The second kappa shape index (κ2) is 7.83. The van der Waals surface area contributed by atoms with Crippen LogP contribution in [0.3, 0.4) is 0 Å². The van der Waals surface area contributed by atoms with Gasteiger partial charge in [-0.1, -0.05) is 0 Å². The van der Waals surface area contributed by atoms with E-state index >= 15 is 0 Å². The van der Waals surface area contributed by atoms with Crippen molar-refractivity contribution in [1.82, 2.24) is 24.6 Å². The zero-order chi connectivity index (χ0) is 20.7. The van der Waals surface area contributed by atoms with Gasteiger partial charge in [0.15, 0.2) is 0 Å². The summed E-state index contributed by atoms with van der Waals surface area (Å²) in [6.45, 7) is 3.72. The standard InChI is InChI=1S/C21H27F3N6/c22-21(23,24)19-12-20(26-14-25-19)30(16-4-5-16)17-6-9-28(10-7-17)13-15-11-18-3-1-2-8-29(18)27-15/h11-12,14,16-17H,1-10,13H2. The van der Waals surface area contributed by atoms with Gasteiger partial charge in [-0.15, -0.1) is 0 Å². The fraction of sp³-hybridized carbons (Fsp3) is 0.667. The number of piperidine rings is 1. The molecular weight excluding hydrogens is 393 g/mol. The first-order valence-corrected chi connectivity index (χ1v) is 10.9. The van der Waals surface area contributed by atoms with Crippen LogP contribution in [0.2, 0.25) is 0 Å². The maximum atomic E-state index is 13.1. The van der Waals surface area contributed by atoms with Gasteiger partial charge in [0.2, 0.25) is 0 Å². The Labute approximate surface area is 174 Å². The zero-order valence-electron chi connectivity index (χ0n) is 17.0. The smallest absolute Gasteiger partial charge is 0.350 e. The Morgan fingerprint density at radius 1 is 0.967 bits per heavy atom. The van der Waals surface area contributed by atoms with E-state index in [1.807, 2.05) is 0 Å². The summed E-state index contributed by atoms with van der Waals surface area (Å²) in [6.07, 6.45) is 4.05. The normalized spacial score (nSPS) is 20.9. The number of nitrogens with zero attached hydrogens (tertiary/aromatic N) is 6. The number of hydrogen-bond acceptors (Lipinski definition) is 5. The molecule has 0 bridgehead atoms. The van der Waals surface area contributed by atoms with Gasteiger partial charge in [-0.05, 0) is 51.0 Å². The molecule has 0 radical (unpaired) electrons. The molecule has 1 aliphatic carbocycles. The van der Waals surface area contributed by atoms with Crippen LogP contribution < -0.4 is 4.90 Å². The summed E-state index contributed by atoms with van der Waals surface area (Å²) < 4.78 is 41.5. The minimum atomic E-state index is -4.44. The molecule has 5 rings (SSSR count). The Hall–Kier alpha value is -2.16. The van der Waals surface area contributed by atoms with Crippen molar-refractivity contribution < 1.29 is 13.2 Å². The van der Waals surface area contributed by atoms with Crippen LogP contribution in [0.5, 0.6) is 0 Å². The summed E-state index contributed by atoms with van der Waals surface area (Å²) in [5, 5.41) is 4.76. The SMILES string of the molecule is FC(F)(F)c1cc(N(C2CC2)C2CCN(Cc3cc4n(n3)CCCC4)CC2)ncn1. The number of aromatic nitrogens is 4. The van der Waals surface area contributed by atoms with E-state index in [0.717, 1.165) is 76.4 Å². The average molecular weight is 420 g/mol. The number of rotatable bonds is 5. The number of aryl methyl sites for hydroxylation is 2. The first kappa shape index (κ1) is 19.8. The number of hydrogen-bond donors (Lipinski definition) is 0. The van der Waals surface area contributed by atoms with E-state index in [1.54, 1.807) is 0 Å². The van der Waals surface area contributed by atoms with Gasteiger partial charge in [0.05, 0.1) is 5.69 Å². The number of fused-ring (bicyclic) bond motifs is 1. The molecule has 2 fully saturated rings. The third kappa shape index (κ3) is 4.17. The van der Waals surface area contributed by atoms with Crippen molar-refractivity contribution in [3.63, 3.8) is 0 Å². The lowest BCUT2D eigenvalue weighted by molar-refractivity contribution is -0.141. The second-order valence-corrected chi connectivity index (χ2v) is 8.71. The summed E-state index contributed by atoms with van der Waals surface area (Å²) in [5.41, 5.74) is 1.62. The number of halogens is 3. The van der Waals surface area contributed by atoms with Crippen molar-refractivity contribution in [2.45, 2.75) is 76.3 Å². The van der Waals surface area contributed by atoms with Crippen molar-refractivity contribution in [3.8, 4) is 0 Å². The maximum absolute atomic E-state index is 13.1. The fourth-order valence-electron chi connectivity index (χ4n) is 4.81. The van der Waals surface area contributed by atoms with Crippen molar-refractivity contribution in [3.05, 3.63) is 35.5 Å². The van der Waals surface area contributed by atoms with Crippen LogP contribution in [-0.2, 0) is 25.7 Å². The Bertz CT molecular complexity index is 860. The monoisotopic (exact) mass is 420 g/mol. The van der Waals surface area contributed by atoms with Gasteiger partial charge in [-0.3, -0.25) is 9.58 Å². The van der Waals surface area contributed by atoms with Gasteiger partial charge in [0.1, 0.15) is 17.8 Å². The molecule has 162 valence electrons. The quantitative estimate of drug-likeness (QED) is 0.739. The highest BCUT2D eigenvalue weighted by Crippen LogP contribution is 2.37. The predicted molar refractivity (Wildman–Crippen MR) is 106 cm³/mol. The van der Waals surface area contributed by atoms with Gasteiger partial charge in [0.25, 0.3) is 0 Å². The molecule has 2 aliphatic heterocycles. The minimum Gasteiger partial charge on any atom is -0.350 e. The second-order valence-electron chi connectivity index (χ2n) is 8.71. The zero-order valence-corrected chi connectivity index (χ0v) is 17.0. The van der Waals surface area contributed by atoms with E-state index < -0.39 is 11.9 Å². The molecule has 0 aromatic carbocycles. The highest BCUT2D eigenvalue weighted by molar-refractivity contribution is 5.44. The third-order valence-electron chi connectivity index (χ3n) is 6.45. The van der Waals surface area contributed by atoms with Gasteiger partial charge in [0, 0.05) is 50.0 Å². The summed E-state index contributed by atoms with van der Waals surface area (Å²) in [7, 11) is 0. The molecule has 0 spiro atoms. The molecule has 0 atom stereocenters. The van der Waals surface area contributed by atoms with Crippen LogP contribution in [0.15, 0.2) is 18.5 Å². The van der Waals surface area contributed by atoms with E-state index in [0.29, 0.717) is 11.9 Å². The van der Waals surface area contributed by atoms with Crippen LogP contribution in [0.1, 0.15) is 55.6 Å². The van der Waals surface area contributed by atoms with E-state index in [-0.39, 0.29) is 6.04 Å². The van der Waals surface area contributed by atoms with E-state index in [4.69, 9.17) is 5.10 Å². The highest BCUT2D eigenvalue weighted by Gasteiger charge is 2.39. The Morgan fingerprint density at radius 3 is 2.43 bits per heavy atom. The number of likely N-dealkylation sites (tertiary alicyclic amines) is 1. The minimum absolute atomic E-state index is 0.222. The summed E-state index contributed by atoms with van der Waals surface area (Å²) >= 11 is 0. The Balaban J connectivity index is 1.24. The van der Waals surface area contributed by atoms with Gasteiger partial charge in [-0.25, -0.2) is 9.97 Å². The molecule has 30 heavy (non-hydrogen) atoms. The van der Waals surface area contributed by atoms with Crippen molar-refractivity contribution in [2.75, 3.05) is 18.0 Å². The first-order chi connectivity index (χ1) is 14.5. The molecule has 4 heterocycles. The van der Waals surface area contributed by atoms with Gasteiger partial charge < -0.3 is 4.90 Å². The lowest BCUT2D eigenvalue weighted by Gasteiger charge is -2.39. The van der Waals surface area contributed by atoms with E-state index in [1.165, 1.54) is 18.5 Å². The Morgan fingerprint density at radius 2 is 1.73 bits per heavy atom. The van der Waals surface area contributed by atoms with Crippen molar-refractivity contribution in [2.24, 2.45) is 0 Å². The molecule has 9 heteroatoms. The maximum Gasteiger partial charge on any atom is 0.433 e. The van der Waals surface area contributed by atoms with Crippen LogP contribution in [0, 0.1) is 0 Å². The number of anilines is 1. The van der Waals surface area contributed by atoms with Crippen LogP contribution in [-0.4, -0.2) is 49.8 Å². The van der Waals surface area contributed by atoms with E-state index in [9.17, 15) is 13.2 Å². The average Bonchev–Trinajstić information content (AvgIpc) is 3.47. The highest BCUT2D eigenvalue weighted by atomic mass is 19.4.